The number of fused-ring (bicyclic) bond motifs is 1. The van der Waals surface area contributed by atoms with Crippen LogP contribution in [0.5, 0.6) is 0 Å². The molecule has 0 amide bonds. The summed E-state index contributed by atoms with van der Waals surface area (Å²) in [6, 6.07) is 14.5. The van der Waals surface area contributed by atoms with Gasteiger partial charge in [0.05, 0.1) is 6.04 Å². The summed E-state index contributed by atoms with van der Waals surface area (Å²) < 4.78 is 3.61. The molecule has 1 unspecified atom stereocenters. The lowest BCUT2D eigenvalue weighted by Crippen LogP contribution is -2.12. The molecule has 1 nitrogen and oxygen atoms in total. The molecule has 4 heteroatoms. The standard InChI is InChI=1S/C15H11BrINS/c16-12-6-3-5-9-11(8-19-15(9)12)14(18)10-4-1-2-7-13(10)17/h1-8,14H,18H2. The number of nitrogens with two attached hydrogens (primary N) is 1. The van der Waals surface area contributed by atoms with Crippen LogP contribution in [0, 0.1) is 3.57 Å². The minimum absolute atomic E-state index is 0.0730. The van der Waals surface area contributed by atoms with E-state index in [0.29, 0.717) is 0 Å². The smallest absolute Gasteiger partial charge is 0.0576 e. The molecule has 0 fully saturated rings. The predicted octanol–water partition coefficient (Wildman–Crippen LogP) is 5.32. The monoisotopic (exact) mass is 443 g/mol. The Kier molecular flexibility index (Phi) is 3.93. The lowest BCUT2D eigenvalue weighted by molar-refractivity contribution is 0.878. The zero-order valence-electron chi connectivity index (χ0n) is 9.94. The number of benzene rings is 2. The summed E-state index contributed by atoms with van der Waals surface area (Å²) in [6.07, 6.45) is 0. The van der Waals surface area contributed by atoms with Crippen molar-refractivity contribution in [1.82, 2.24) is 0 Å². The topological polar surface area (TPSA) is 26.0 Å². The summed E-state index contributed by atoms with van der Waals surface area (Å²) in [5, 5.41) is 3.41. The molecule has 3 aromatic rings. The first-order valence-electron chi connectivity index (χ1n) is 5.84. The van der Waals surface area contributed by atoms with Crippen LogP contribution in [0.25, 0.3) is 10.1 Å². The summed E-state index contributed by atoms with van der Waals surface area (Å²) in [5.41, 5.74) is 8.85. The van der Waals surface area contributed by atoms with Crippen molar-refractivity contribution in [2.75, 3.05) is 0 Å². The van der Waals surface area contributed by atoms with Crippen molar-refractivity contribution in [1.29, 1.82) is 0 Å². The Hall–Kier alpha value is -0.430. The molecule has 0 spiro atoms. The van der Waals surface area contributed by atoms with Crippen molar-refractivity contribution in [3.8, 4) is 0 Å². The van der Waals surface area contributed by atoms with E-state index in [4.69, 9.17) is 5.73 Å². The third-order valence-electron chi connectivity index (χ3n) is 3.16. The van der Waals surface area contributed by atoms with Crippen LogP contribution in [0.2, 0.25) is 0 Å². The van der Waals surface area contributed by atoms with Gasteiger partial charge in [0.1, 0.15) is 0 Å². The van der Waals surface area contributed by atoms with Gasteiger partial charge in [0, 0.05) is 12.7 Å². The molecule has 0 bridgehead atoms. The number of thiophene rings is 1. The average molecular weight is 444 g/mol. The quantitative estimate of drug-likeness (QED) is 0.533. The van der Waals surface area contributed by atoms with Crippen LogP contribution in [0.15, 0.2) is 52.3 Å². The molecular formula is C15H11BrINS. The van der Waals surface area contributed by atoms with E-state index in [1.807, 2.05) is 12.1 Å². The van der Waals surface area contributed by atoms with Crippen molar-refractivity contribution >= 4 is 59.9 Å². The number of hydrogen-bond acceptors (Lipinski definition) is 2. The summed E-state index contributed by atoms with van der Waals surface area (Å²) in [6.45, 7) is 0. The second-order valence-corrected chi connectivity index (χ2v) is 7.20. The van der Waals surface area contributed by atoms with Crippen molar-refractivity contribution in [2.45, 2.75) is 6.04 Å². The van der Waals surface area contributed by atoms with E-state index in [1.54, 1.807) is 11.3 Å². The highest BCUT2D eigenvalue weighted by Crippen LogP contribution is 2.37. The van der Waals surface area contributed by atoms with E-state index in [-0.39, 0.29) is 6.04 Å². The third kappa shape index (κ3) is 2.46. The van der Waals surface area contributed by atoms with Gasteiger partial charge < -0.3 is 5.73 Å². The molecule has 2 N–H and O–H groups in total. The zero-order chi connectivity index (χ0) is 13.4. The fourth-order valence-electron chi connectivity index (χ4n) is 2.18. The SMILES string of the molecule is NC(c1ccccc1I)c1csc2c(Br)cccc12. The van der Waals surface area contributed by atoms with Crippen molar-refractivity contribution < 1.29 is 0 Å². The van der Waals surface area contributed by atoms with Gasteiger partial charge in [-0.05, 0) is 72.5 Å². The summed E-state index contributed by atoms with van der Waals surface area (Å²) >= 11 is 7.68. The van der Waals surface area contributed by atoms with E-state index in [0.717, 1.165) is 4.47 Å². The Bertz CT molecular complexity index is 738. The fourth-order valence-corrected chi connectivity index (χ4v) is 4.56. The van der Waals surface area contributed by atoms with E-state index in [2.05, 4.69) is 74.2 Å². The zero-order valence-corrected chi connectivity index (χ0v) is 14.5. The van der Waals surface area contributed by atoms with Crippen molar-refractivity contribution in [3.05, 3.63) is 67.0 Å². The molecule has 0 aliphatic heterocycles. The molecule has 1 aromatic heterocycles. The fraction of sp³-hybridized carbons (Fsp3) is 0.0667. The molecule has 0 aliphatic carbocycles. The van der Waals surface area contributed by atoms with Crippen LogP contribution in [-0.4, -0.2) is 0 Å². The Morgan fingerprint density at radius 1 is 1.05 bits per heavy atom. The van der Waals surface area contributed by atoms with Crippen molar-refractivity contribution in [2.24, 2.45) is 5.73 Å². The van der Waals surface area contributed by atoms with Gasteiger partial charge in [0.25, 0.3) is 0 Å². The number of rotatable bonds is 2. The largest absolute Gasteiger partial charge is 0.320 e. The van der Waals surface area contributed by atoms with Crippen LogP contribution in [0.1, 0.15) is 17.2 Å². The average Bonchev–Trinajstić information content (AvgIpc) is 2.84. The minimum Gasteiger partial charge on any atom is -0.320 e. The van der Waals surface area contributed by atoms with Crippen LogP contribution in [0.4, 0.5) is 0 Å². The molecule has 0 saturated carbocycles. The van der Waals surface area contributed by atoms with Gasteiger partial charge in [0.2, 0.25) is 0 Å². The first-order chi connectivity index (χ1) is 9.18. The molecule has 0 aliphatic rings. The van der Waals surface area contributed by atoms with Gasteiger partial charge in [-0.25, -0.2) is 0 Å². The second-order valence-electron chi connectivity index (χ2n) is 4.31. The van der Waals surface area contributed by atoms with Gasteiger partial charge in [-0.15, -0.1) is 11.3 Å². The lowest BCUT2D eigenvalue weighted by Gasteiger charge is -2.13. The first kappa shape index (κ1) is 13.5. The van der Waals surface area contributed by atoms with Crippen LogP contribution in [-0.2, 0) is 0 Å². The van der Waals surface area contributed by atoms with E-state index in [1.165, 1.54) is 24.8 Å². The Balaban J connectivity index is 2.15. The normalized spacial score (nSPS) is 12.8. The van der Waals surface area contributed by atoms with E-state index < -0.39 is 0 Å². The molecule has 0 saturated heterocycles. The van der Waals surface area contributed by atoms with Crippen LogP contribution >= 0.6 is 49.9 Å². The molecule has 0 radical (unpaired) electrons. The highest BCUT2D eigenvalue weighted by Gasteiger charge is 2.16. The molecule has 3 rings (SSSR count). The molecule has 96 valence electrons. The predicted molar refractivity (Wildman–Crippen MR) is 94.7 cm³/mol. The summed E-state index contributed by atoms with van der Waals surface area (Å²) in [7, 11) is 0. The molecule has 1 heterocycles. The Morgan fingerprint density at radius 3 is 2.63 bits per heavy atom. The van der Waals surface area contributed by atoms with Gasteiger partial charge in [-0.1, -0.05) is 30.3 Å². The van der Waals surface area contributed by atoms with Crippen molar-refractivity contribution in [3.63, 3.8) is 0 Å². The van der Waals surface area contributed by atoms with Crippen LogP contribution in [0.3, 0.4) is 0 Å². The highest BCUT2D eigenvalue weighted by molar-refractivity contribution is 14.1. The van der Waals surface area contributed by atoms with Gasteiger partial charge >= 0.3 is 0 Å². The van der Waals surface area contributed by atoms with Gasteiger partial charge in [-0.2, -0.15) is 0 Å². The molecule has 2 aromatic carbocycles. The molecule has 19 heavy (non-hydrogen) atoms. The number of hydrogen-bond donors (Lipinski definition) is 1. The number of halogens is 2. The second kappa shape index (κ2) is 5.52. The highest BCUT2D eigenvalue weighted by atomic mass is 127. The summed E-state index contributed by atoms with van der Waals surface area (Å²) in [5.74, 6) is 0. The maximum atomic E-state index is 6.46. The van der Waals surface area contributed by atoms with E-state index >= 15 is 0 Å². The van der Waals surface area contributed by atoms with Gasteiger partial charge in [-0.3, -0.25) is 0 Å². The molecular weight excluding hydrogens is 433 g/mol. The Labute approximate surface area is 138 Å². The summed E-state index contributed by atoms with van der Waals surface area (Å²) in [4.78, 5) is 0. The lowest BCUT2D eigenvalue weighted by atomic mass is 9.99. The third-order valence-corrected chi connectivity index (χ3v) is 6.11. The first-order valence-corrected chi connectivity index (χ1v) is 8.59. The molecule has 1 atom stereocenters. The Morgan fingerprint density at radius 2 is 1.84 bits per heavy atom. The maximum Gasteiger partial charge on any atom is 0.0576 e. The maximum absolute atomic E-state index is 6.46. The minimum atomic E-state index is -0.0730. The van der Waals surface area contributed by atoms with Gasteiger partial charge in [0.15, 0.2) is 0 Å². The van der Waals surface area contributed by atoms with Crippen LogP contribution < -0.4 is 5.73 Å². The van der Waals surface area contributed by atoms with E-state index in [9.17, 15) is 0 Å².